The number of likely N-dealkylation sites (N-methyl/N-ethyl adjacent to an activating group) is 1. The van der Waals surface area contributed by atoms with Crippen molar-refractivity contribution in [2.75, 3.05) is 7.05 Å². The molecule has 0 unspecified atom stereocenters. The Hall–Kier alpha value is -3.88. The molecule has 0 spiro atoms. The van der Waals surface area contributed by atoms with Gasteiger partial charge in [-0.15, -0.1) is 0 Å². The molecule has 2 aromatic heterocycles. The number of nitrogens with zero attached hydrogens (tertiary/aromatic N) is 3. The van der Waals surface area contributed by atoms with E-state index in [1.807, 2.05) is 30.3 Å². The van der Waals surface area contributed by atoms with E-state index in [-0.39, 0.29) is 36.3 Å². The standard InChI is InChI=1S/C22H23N5O4/c1-22(21(30)24-12-15-7-4-3-5-8-15)14-27-18(20(29)26(22)2)11-17(25-27)19(28)23-13-16-9-6-10-31-16/h3-11H,12-14H2,1-2H3,(H,23,28)(H,24,30)/t22-/m0/s1. The van der Waals surface area contributed by atoms with E-state index in [1.54, 1.807) is 26.1 Å². The molecule has 0 saturated carbocycles. The Morgan fingerprint density at radius 1 is 1.13 bits per heavy atom. The maximum Gasteiger partial charge on any atom is 0.272 e. The van der Waals surface area contributed by atoms with Crippen LogP contribution in [0.4, 0.5) is 0 Å². The van der Waals surface area contributed by atoms with Crippen molar-refractivity contribution in [2.45, 2.75) is 32.1 Å². The number of nitrogens with one attached hydrogen (secondary N) is 2. The molecule has 0 radical (unpaired) electrons. The van der Waals surface area contributed by atoms with Crippen LogP contribution in [0.3, 0.4) is 0 Å². The average Bonchev–Trinajstić information content (AvgIpc) is 3.45. The number of aromatic nitrogens is 2. The van der Waals surface area contributed by atoms with Gasteiger partial charge in [0.25, 0.3) is 11.8 Å². The van der Waals surface area contributed by atoms with Crippen molar-refractivity contribution in [3.05, 3.63) is 77.5 Å². The van der Waals surface area contributed by atoms with Gasteiger partial charge in [0.05, 0.1) is 19.4 Å². The monoisotopic (exact) mass is 421 g/mol. The highest BCUT2D eigenvalue weighted by atomic mass is 16.3. The molecule has 1 aliphatic heterocycles. The fourth-order valence-electron chi connectivity index (χ4n) is 3.48. The summed E-state index contributed by atoms with van der Waals surface area (Å²) in [6, 6.07) is 14.4. The smallest absolute Gasteiger partial charge is 0.272 e. The van der Waals surface area contributed by atoms with Gasteiger partial charge in [-0.3, -0.25) is 19.1 Å². The van der Waals surface area contributed by atoms with Gasteiger partial charge in [0.2, 0.25) is 5.91 Å². The van der Waals surface area contributed by atoms with Crippen molar-refractivity contribution in [2.24, 2.45) is 0 Å². The van der Waals surface area contributed by atoms with E-state index in [4.69, 9.17) is 4.42 Å². The maximum absolute atomic E-state index is 13.0. The summed E-state index contributed by atoms with van der Waals surface area (Å²) in [4.78, 5) is 39.8. The molecule has 3 heterocycles. The molecule has 1 atom stereocenters. The Bertz CT molecular complexity index is 1110. The van der Waals surface area contributed by atoms with Gasteiger partial charge in [-0.05, 0) is 24.6 Å². The van der Waals surface area contributed by atoms with Crippen LogP contribution in [0.1, 0.15) is 39.2 Å². The minimum absolute atomic E-state index is 0.109. The normalized spacial score (nSPS) is 17.9. The summed E-state index contributed by atoms with van der Waals surface area (Å²) in [5.41, 5.74) is 0.183. The quantitative estimate of drug-likeness (QED) is 0.628. The number of furan rings is 1. The summed E-state index contributed by atoms with van der Waals surface area (Å²) in [7, 11) is 1.58. The summed E-state index contributed by atoms with van der Waals surface area (Å²) in [6.45, 7) is 2.38. The Kier molecular flexibility index (Phi) is 5.33. The van der Waals surface area contributed by atoms with Crippen LogP contribution >= 0.6 is 0 Å². The van der Waals surface area contributed by atoms with Gasteiger partial charge in [0, 0.05) is 19.7 Å². The second-order valence-corrected chi connectivity index (χ2v) is 7.64. The average molecular weight is 421 g/mol. The zero-order valence-electron chi connectivity index (χ0n) is 17.3. The number of hydrogen-bond acceptors (Lipinski definition) is 5. The predicted octanol–water partition coefficient (Wildman–Crippen LogP) is 1.57. The number of amides is 3. The van der Waals surface area contributed by atoms with Gasteiger partial charge in [-0.2, -0.15) is 5.10 Å². The lowest BCUT2D eigenvalue weighted by Crippen LogP contribution is -2.62. The van der Waals surface area contributed by atoms with E-state index in [9.17, 15) is 14.4 Å². The van der Waals surface area contributed by atoms with E-state index in [2.05, 4.69) is 15.7 Å². The molecule has 4 rings (SSSR count). The van der Waals surface area contributed by atoms with Crippen molar-refractivity contribution < 1.29 is 18.8 Å². The number of rotatable bonds is 6. The first-order valence-electron chi connectivity index (χ1n) is 9.87. The Morgan fingerprint density at radius 3 is 2.61 bits per heavy atom. The van der Waals surface area contributed by atoms with E-state index >= 15 is 0 Å². The Labute approximate surface area is 179 Å². The summed E-state index contributed by atoms with van der Waals surface area (Å²) < 4.78 is 6.62. The lowest BCUT2D eigenvalue weighted by molar-refractivity contribution is -0.132. The lowest BCUT2D eigenvalue weighted by atomic mass is 9.96. The van der Waals surface area contributed by atoms with Crippen LogP contribution in [0.5, 0.6) is 0 Å². The summed E-state index contributed by atoms with van der Waals surface area (Å²) in [6.07, 6.45) is 1.52. The van der Waals surface area contributed by atoms with Crippen LogP contribution in [0.15, 0.2) is 59.2 Å². The van der Waals surface area contributed by atoms with Gasteiger partial charge in [0.1, 0.15) is 17.0 Å². The van der Waals surface area contributed by atoms with Crippen molar-refractivity contribution in [1.82, 2.24) is 25.3 Å². The van der Waals surface area contributed by atoms with Gasteiger partial charge < -0.3 is 20.0 Å². The van der Waals surface area contributed by atoms with Crippen LogP contribution in [0.2, 0.25) is 0 Å². The molecule has 3 aromatic rings. The third kappa shape index (κ3) is 3.94. The van der Waals surface area contributed by atoms with Crippen molar-refractivity contribution in [3.8, 4) is 0 Å². The van der Waals surface area contributed by atoms with Gasteiger partial charge >= 0.3 is 0 Å². The predicted molar refractivity (Wildman–Crippen MR) is 111 cm³/mol. The topological polar surface area (TPSA) is 109 Å². The fourth-order valence-corrected chi connectivity index (χ4v) is 3.48. The molecule has 3 amide bonds. The molecule has 1 aliphatic rings. The molecule has 0 fully saturated rings. The third-order valence-corrected chi connectivity index (χ3v) is 5.52. The molecule has 0 bridgehead atoms. The van der Waals surface area contributed by atoms with E-state index < -0.39 is 11.4 Å². The van der Waals surface area contributed by atoms with Crippen LogP contribution in [-0.4, -0.2) is 45.0 Å². The van der Waals surface area contributed by atoms with E-state index in [0.717, 1.165) is 5.56 Å². The second-order valence-electron chi connectivity index (χ2n) is 7.64. The summed E-state index contributed by atoms with van der Waals surface area (Å²) >= 11 is 0. The first kappa shape index (κ1) is 20.4. The zero-order valence-corrected chi connectivity index (χ0v) is 17.3. The molecular formula is C22H23N5O4. The molecule has 160 valence electrons. The SMILES string of the molecule is CN1C(=O)c2cc(C(=O)NCc3ccco3)nn2C[C@@]1(C)C(=O)NCc1ccccc1. The van der Waals surface area contributed by atoms with E-state index in [1.165, 1.54) is 21.9 Å². The highest BCUT2D eigenvalue weighted by molar-refractivity contribution is 6.01. The zero-order chi connectivity index (χ0) is 22.0. The molecule has 1 aromatic carbocycles. The molecule has 2 N–H and O–H groups in total. The molecule has 9 nitrogen and oxygen atoms in total. The van der Waals surface area contributed by atoms with E-state index in [0.29, 0.717) is 12.3 Å². The summed E-state index contributed by atoms with van der Waals surface area (Å²) in [5, 5.41) is 9.88. The first-order chi connectivity index (χ1) is 14.9. The lowest BCUT2D eigenvalue weighted by Gasteiger charge is -2.40. The fraction of sp³-hybridized carbons (Fsp3) is 0.273. The Balaban J connectivity index is 1.48. The summed E-state index contributed by atoms with van der Waals surface area (Å²) in [5.74, 6) is -0.488. The minimum atomic E-state index is -1.15. The van der Waals surface area contributed by atoms with Crippen LogP contribution < -0.4 is 10.6 Å². The van der Waals surface area contributed by atoms with Crippen molar-refractivity contribution in [1.29, 1.82) is 0 Å². The van der Waals surface area contributed by atoms with Crippen LogP contribution in [-0.2, 0) is 24.4 Å². The number of carbonyl (C=O) groups is 3. The second kappa shape index (κ2) is 8.10. The Morgan fingerprint density at radius 2 is 1.90 bits per heavy atom. The first-order valence-corrected chi connectivity index (χ1v) is 9.87. The molecule has 0 aliphatic carbocycles. The molecule has 0 saturated heterocycles. The highest BCUT2D eigenvalue weighted by Gasteiger charge is 2.46. The van der Waals surface area contributed by atoms with Gasteiger partial charge in [0.15, 0.2) is 5.69 Å². The molecular weight excluding hydrogens is 398 g/mol. The van der Waals surface area contributed by atoms with Crippen LogP contribution in [0, 0.1) is 0 Å². The third-order valence-electron chi connectivity index (χ3n) is 5.52. The van der Waals surface area contributed by atoms with Crippen molar-refractivity contribution >= 4 is 17.7 Å². The maximum atomic E-state index is 13.0. The minimum Gasteiger partial charge on any atom is -0.467 e. The number of benzene rings is 1. The van der Waals surface area contributed by atoms with Gasteiger partial charge in [-0.25, -0.2) is 0 Å². The highest BCUT2D eigenvalue weighted by Crippen LogP contribution is 2.26. The number of fused-ring (bicyclic) bond motifs is 1. The largest absolute Gasteiger partial charge is 0.467 e. The van der Waals surface area contributed by atoms with Crippen molar-refractivity contribution in [3.63, 3.8) is 0 Å². The number of carbonyl (C=O) groups excluding carboxylic acids is 3. The molecule has 31 heavy (non-hydrogen) atoms. The van der Waals surface area contributed by atoms with Gasteiger partial charge in [-0.1, -0.05) is 30.3 Å². The van der Waals surface area contributed by atoms with Crippen LogP contribution in [0.25, 0.3) is 0 Å². The molecule has 9 heteroatoms. The number of hydrogen-bond donors (Lipinski definition) is 2.